The molecule has 1 atom stereocenters. The Morgan fingerprint density at radius 3 is 2.66 bits per heavy atom. The maximum atomic E-state index is 5.95. The molecule has 2 heterocycles. The minimum Gasteiger partial charge on any atom is -0.494 e. The summed E-state index contributed by atoms with van der Waals surface area (Å²) in [5.74, 6) is 2.22. The first-order valence-electron chi connectivity index (χ1n) is 13.0. The number of nitrogens with zero attached hydrogens (tertiary/aromatic N) is 2. The fourth-order valence-corrected chi connectivity index (χ4v) is 4.25. The molecule has 3 rings (SSSR count). The van der Waals surface area contributed by atoms with Crippen molar-refractivity contribution in [2.24, 2.45) is 11.0 Å². The van der Waals surface area contributed by atoms with Crippen LogP contribution in [0.1, 0.15) is 62.6 Å². The normalized spacial score (nSPS) is 15.2. The van der Waals surface area contributed by atoms with Crippen molar-refractivity contribution >= 4 is 17.7 Å². The van der Waals surface area contributed by atoms with Gasteiger partial charge in [-0.3, -0.25) is 5.43 Å². The highest BCUT2D eigenvalue weighted by Crippen LogP contribution is 2.26. The Hall–Kier alpha value is -2.99. The molecule has 0 bridgehead atoms. The first-order valence-corrected chi connectivity index (χ1v) is 13.0. The third-order valence-electron chi connectivity index (χ3n) is 6.53. The van der Waals surface area contributed by atoms with E-state index in [0.717, 1.165) is 66.5 Å². The fourth-order valence-electron chi connectivity index (χ4n) is 4.25. The predicted molar refractivity (Wildman–Crippen MR) is 149 cm³/mol. The van der Waals surface area contributed by atoms with Gasteiger partial charge in [-0.05, 0) is 74.9 Å². The van der Waals surface area contributed by atoms with Crippen LogP contribution in [-0.4, -0.2) is 42.3 Å². The number of aryl methyl sites for hydroxylation is 1. The molecule has 6 nitrogen and oxygen atoms in total. The van der Waals surface area contributed by atoms with Crippen molar-refractivity contribution in [3.8, 4) is 5.75 Å². The lowest BCUT2D eigenvalue weighted by Gasteiger charge is -2.26. The second-order valence-electron chi connectivity index (χ2n) is 9.63. The van der Waals surface area contributed by atoms with Gasteiger partial charge in [-0.15, -0.1) is 0 Å². The predicted octanol–water partition coefficient (Wildman–Crippen LogP) is 6.34. The van der Waals surface area contributed by atoms with E-state index in [1.165, 1.54) is 37.9 Å². The summed E-state index contributed by atoms with van der Waals surface area (Å²) in [5.41, 5.74) is 7.99. The molecule has 1 aliphatic rings. The van der Waals surface area contributed by atoms with Crippen LogP contribution in [0.2, 0.25) is 0 Å². The standard InChI is InChI=1S/C29H43N5O/c1-6-22(2)20-31-33-25(5)28-23(3)21-30-29(28)32-24(4)19-26-11-13-27(14-12-26)35-18-10-17-34-15-8-7-9-16-34/h11-14,20-22,30,32-33H,4-10,15-19H2,1-3H3/b31-20-. The molecule has 1 fully saturated rings. The number of nitrogens with one attached hydrogen (secondary N) is 3. The lowest BCUT2D eigenvalue weighted by Crippen LogP contribution is -2.31. The second-order valence-corrected chi connectivity index (χ2v) is 9.63. The van der Waals surface area contributed by atoms with Gasteiger partial charge in [0.25, 0.3) is 0 Å². The highest BCUT2D eigenvalue weighted by atomic mass is 16.5. The van der Waals surface area contributed by atoms with Crippen LogP contribution < -0.4 is 15.5 Å². The summed E-state index contributed by atoms with van der Waals surface area (Å²) in [4.78, 5) is 5.85. The van der Waals surface area contributed by atoms with Crippen molar-refractivity contribution in [2.75, 3.05) is 31.6 Å². The fraction of sp³-hybridized carbons (Fsp3) is 0.483. The smallest absolute Gasteiger partial charge is 0.119 e. The summed E-state index contributed by atoms with van der Waals surface area (Å²) in [5, 5.41) is 7.75. The first-order chi connectivity index (χ1) is 17.0. The van der Waals surface area contributed by atoms with Crippen LogP contribution in [0.4, 0.5) is 5.82 Å². The summed E-state index contributed by atoms with van der Waals surface area (Å²) in [6.07, 6.45) is 10.8. The maximum Gasteiger partial charge on any atom is 0.119 e. The number of benzene rings is 1. The van der Waals surface area contributed by atoms with Gasteiger partial charge in [-0.2, -0.15) is 5.10 Å². The highest BCUT2D eigenvalue weighted by Gasteiger charge is 2.13. The van der Waals surface area contributed by atoms with Gasteiger partial charge >= 0.3 is 0 Å². The van der Waals surface area contributed by atoms with Crippen molar-refractivity contribution in [1.29, 1.82) is 0 Å². The van der Waals surface area contributed by atoms with E-state index in [2.05, 4.69) is 83.9 Å². The van der Waals surface area contributed by atoms with E-state index >= 15 is 0 Å². The molecular weight excluding hydrogens is 434 g/mol. The quantitative estimate of drug-likeness (QED) is 0.169. The zero-order valence-electron chi connectivity index (χ0n) is 21.8. The van der Waals surface area contributed by atoms with E-state index in [1.54, 1.807) is 0 Å². The van der Waals surface area contributed by atoms with Crippen LogP contribution >= 0.6 is 0 Å². The van der Waals surface area contributed by atoms with Gasteiger partial charge in [0.15, 0.2) is 0 Å². The molecule has 6 heteroatoms. The summed E-state index contributed by atoms with van der Waals surface area (Å²) >= 11 is 0. The molecule has 1 aliphatic heterocycles. The van der Waals surface area contributed by atoms with Crippen molar-refractivity contribution in [3.05, 3.63) is 66.0 Å². The maximum absolute atomic E-state index is 5.95. The molecule has 0 spiro atoms. The SMILES string of the molecule is C=C(Cc1ccc(OCCCN2CCCCC2)cc1)Nc1[nH]cc(C)c1C(=C)N/N=C\C(C)CC. The van der Waals surface area contributed by atoms with Gasteiger partial charge in [-0.25, -0.2) is 0 Å². The summed E-state index contributed by atoms with van der Waals surface area (Å²) in [6, 6.07) is 8.32. The van der Waals surface area contributed by atoms with E-state index in [0.29, 0.717) is 5.92 Å². The van der Waals surface area contributed by atoms with Crippen LogP contribution in [0.25, 0.3) is 5.70 Å². The van der Waals surface area contributed by atoms with E-state index in [-0.39, 0.29) is 0 Å². The van der Waals surface area contributed by atoms with E-state index < -0.39 is 0 Å². The van der Waals surface area contributed by atoms with Gasteiger partial charge in [-0.1, -0.05) is 45.6 Å². The number of H-pyrrole nitrogens is 1. The zero-order valence-corrected chi connectivity index (χ0v) is 21.8. The molecule has 0 radical (unpaired) electrons. The Labute approximate surface area is 211 Å². The number of hydrogen-bond acceptors (Lipinski definition) is 5. The lowest BCUT2D eigenvalue weighted by molar-refractivity contribution is 0.205. The molecule has 190 valence electrons. The highest BCUT2D eigenvalue weighted by molar-refractivity contribution is 5.76. The van der Waals surface area contributed by atoms with Crippen molar-refractivity contribution < 1.29 is 4.74 Å². The lowest BCUT2D eigenvalue weighted by atomic mass is 10.1. The number of allylic oxidation sites excluding steroid dienone is 1. The average Bonchev–Trinajstić information content (AvgIpc) is 3.22. The second kappa shape index (κ2) is 13.8. The number of anilines is 1. The zero-order chi connectivity index (χ0) is 25.0. The van der Waals surface area contributed by atoms with Gasteiger partial charge in [0.05, 0.1) is 12.3 Å². The van der Waals surface area contributed by atoms with Crippen LogP contribution in [0.3, 0.4) is 0 Å². The first kappa shape index (κ1) is 26.6. The number of hydrazone groups is 1. The van der Waals surface area contributed by atoms with Crippen LogP contribution in [0, 0.1) is 12.8 Å². The van der Waals surface area contributed by atoms with Crippen LogP contribution in [0.15, 0.2) is 54.4 Å². The molecule has 1 saturated heterocycles. The third kappa shape index (κ3) is 8.62. The molecule has 1 aromatic heterocycles. The molecule has 0 amide bonds. The molecule has 0 saturated carbocycles. The Kier molecular flexibility index (Phi) is 10.5. The van der Waals surface area contributed by atoms with Gasteiger partial charge in [0, 0.05) is 36.6 Å². The van der Waals surface area contributed by atoms with Crippen molar-refractivity contribution in [3.63, 3.8) is 0 Å². The van der Waals surface area contributed by atoms with Gasteiger partial charge < -0.3 is 19.9 Å². The van der Waals surface area contributed by atoms with Gasteiger partial charge in [0.2, 0.25) is 0 Å². The average molecular weight is 478 g/mol. The largest absolute Gasteiger partial charge is 0.494 e. The minimum atomic E-state index is 0.427. The number of piperidine rings is 1. The number of likely N-dealkylation sites (tertiary alicyclic amines) is 1. The molecule has 1 aromatic carbocycles. The van der Waals surface area contributed by atoms with E-state index in [4.69, 9.17) is 4.74 Å². The van der Waals surface area contributed by atoms with E-state index in [1.807, 2.05) is 12.4 Å². The third-order valence-corrected chi connectivity index (χ3v) is 6.53. The van der Waals surface area contributed by atoms with E-state index in [9.17, 15) is 0 Å². The Bertz CT molecular complexity index is 969. The topological polar surface area (TPSA) is 64.7 Å². The number of ether oxygens (including phenoxy) is 1. The molecule has 3 N–H and O–H groups in total. The van der Waals surface area contributed by atoms with Gasteiger partial charge in [0.1, 0.15) is 11.6 Å². The number of aromatic amines is 1. The summed E-state index contributed by atoms with van der Waals surface area (Å²) in [6.45, 7) is 19.1. The molecule has 35 heavy (non-hydrogen) atoms. The van der Waals surface area contributed by atoms with Crippen molar-refractivity contribution in [1.82, 2.24) is 15.3 Å². The summed E-state index contributed by atoms with van der Waals surface area (Å²) < 4.78 is 5.95. The minimum absolute atomic E-state index is 0.427. The van der Waals surface area contributed by atoms with Crippen molar-refractivity contribution in [2.45, 2.75) is 59.3 Å². The number of hydrogen-bond donors (Lipinski definition) is 3. The van der Waals surface area contributed by atoms with Crippen LogP contribution in [0.5, 0.6) is 5.75 Å². The Balaban J connectivity index is 1.45. The number of rotatable bonds is 14. The monoisotopic (exact) mass is 477 g/mol. The molecule has 2 aromatic rings. The summed E-state index contributed by atoms with van der Waals surface area (Å²) in [7, 11) is 0. The Morgan fingerprint density at radius 1 is 1.20 bits per heavy atom. The van der Waals surface area contributed by atoms with Crippen LogP contribution in [-0.2, 0) is 6.42 Å². The molecule has 1 unspecified atom stereocenters. The molecular formula is C29H43N5O. The Morgan fingerprint density at radius 2 is 1.94 bits per heavy atom. The molecule has 0 aliphatic carbocycles. The number of aromatic nitrogens is 1.